The van der Waals surface area contributed by atoms with Crippen molar-refractivity contribution < 1.29 is 0 Å². The van der Waals surface area contributed by atoms with Gasteiger partial charge in [-0.25, -0.2) is 4.98 Å². The highest BCUT2D eigenvalue weighted by Gasteiger charge is 2.04. The van der Waals surface area contributed by atoms with Crippen LogP contribution in [-0.4, -0.2) is 17.0 Å². The van der Waals surface area contributed by atoms with E-state index in [0.717, 1.165) is 17.1 Å². The van der Waals surface area contributed by atoms with E-state index in [1.807, 2.05) is 24.3 Å². The number of hydrogen-bond donors (Lipinski definition) is 1. The Balaban J connectivity index is 2.49. The number of rotatable bonds is 2. The average molecular weight is 220 g/mol. The summed E-state index contributed by atoms with van der Waals surface area (Å²) in [6.45, 7) is 0. The van der Waals surface area contributed by atoms with Crippen molar-refractivity contribution in [3.63, 3.8) is 0 Å². The van der Waals surface area contributed by atoms with Gasteiger partial charge in [-0.2, -0.15) is 0 Å². The van der Waals surface area contributed by atoms with E-state index < -0.39 is 0 Å². The lowest BCUT2D eigenvalue weighted by Gasteiger charge is -2.04. The first-order chi connectivity index (χ1) is 7.31. The van der Waals surface area contributed by atoms with Gasteiger partial charge >= 0.3 is 0 Å². The monoisotopic (exact) mass is 219 g/mol. The van der Waals surface area contributed by atoms with Gasteiger partial charge in [0.1, 0.15) is 5.82 Å². The summed E-state index contributed by atoms with van der Waals surface area (Å²) in [5, 5.41) is 3.62. The van der Waals surface area contributed by atoms with Gasteiger partial charge in [-0.15, -0.1) is 0 Å². The van der Waals surface area contributed by atoms with Gasteiger partial charge in [0.2, 0.25) is 0 Å². The van der Waals surface area contributed by atoms with Crippen molar-refractivity contribution in [2.45, 2.75) is 0 Å². The Morgan fingerprint density at radius 1 is 1.20 bits per heavy atom. The number of nitrogens with zero attached hydrogens (tertiary/aromatic N) is 2. The minimum Gasteiger partial charge on any atom is -0.372 e. The van der Waals surface area contributed by atoms with Gasteiger partial charge in [0.05, 0.1) is 23.1 Å². The number of anilines is 1. The molecular weight excluding hydrogens is 210 g/mol. The third kappa shape index (κ3) is 2.07. The van der Waals surface area contributed by atoms with Gasteiger partial charge in [0.15, 0.2) is 0 Å². The Morgan fingerprint density at radius 3 is 2.73 bits per heavy atom. The largest absolute Gasteiger partial charge is 0.372 e. The molecule has 0 fully saturated rings. The van der Waals surface area contributed by atoms with Crippen LogP contribution >= 0.6 is 11.6 Å². The van der Waals surface area contributed by atoms with Crippen LogP contribution < -0.4 is 5.32 Å². The third-order valence-electron chi connectivity index (χ3n) is 2.04. The van der Waals surface area contributed by atoms with Crippen LogP contribution in [0.15, 0.2) is 36.7 Å². The molecule has 1 aromatic carbocycles. The molecule has 0 aliphatic carbocycles. The van der Waals surface area contributed by atoms with E-state index >= 15 is 0 Å². The van der Waals surface area contributed by atoms with Crippen LogP contribution in [-0.2, 0) is 0 Å². The molecule has 0 atom stereocenters. The van der Waals surface area contributed by atoms with Crippen molar-refractivity contribution in [3.05, 3.63) is 41.7 Å². The maximum Gasteiger partial charge on any atom is 0.144 e. The molecule has 1 aromatic heterocycles. The second kappa shape index (κ2) is 4.28. The highest BCUT2D eigenvalue weighted by atomic mass is 35.5. The fourth-order valence-electron chi connectivity index (χ4n) is 1.29. The smallest absolute Gasteiger partial charge is 0.144 e. The number of benzene rings is 1. The summed E-state index contributed by atoms with van der Waals surface area (Å²) in [6.07, 6.45) is 3.36. The van der Waals surface area contributed by atoms with Gasteiger partial charge in [-0.05, 0) is 6.07 Å². The summed E-state index contributed by atoms with van der Waals surface area (Å²) >= 11 is 6.07. The van der Waals surface area contributed by atoms with E-state index in [1.165, 1.54) is 0 Å². The molecule has 3 nitrogen and oxygen atoms in total. The van der Waals surface area contributed by atoms with Gasteiger partial charge in [0.25, 0.3) is 0 Å². The van der Waals surface area contributed by atoms with Gasteiger partial charge in [-0.3, -0.25) is 4.98 Å². The first kappa shape index (κ1) is 9.93. The topological polar surface area (TPSA) is 37.8 Å². The SMILES string of the molecule is CNc1cncc(-c2ccccc2Cl)n1. The standard InChI is InChI=1S/C11H10ClN3/c1-13-11-7-14-6-10(15-11)8-4-2-3-5-9(8)12/h2-7H,1H3,(H,13,15). The summed E-state index contributed by atoms with van der Waals surface area (Å²) in [5.74, 6) is 0.729. The molecule has 2 aromatic rings. The molecule has 0 saturated carbocycles. The molecule has 76 valence electrons. The number of nitrogens with one attached hydrogen (secondary N) is 1. The first-order valence-electron chi connectivity index (χ1n) is 4.56. The normalized spacial score (nSPS) is 10.0. The predicted octanol–water partition coefficient (Wildman–Crippen LogP) is 2.84. The minimum atomic E-state index is 0.681. The molecule has 4 heteroatoms. The molecule has 0 radical (unpaired) electrons. The van der Waals surface area contributed by atoms with Crippen molar-refractivity contribution in [1.29, 1.82) is 0 Å². The Labute approximate surface area is 93.1 Å². The number of aromatic nitrogens is 2. The van der Waals surface area contributed by atoms with Crippen molar-refractivity contribution in [1.82, 2.24) is 9.97 Å². The Hall–Kier alpha value is -1.61. The summed E-state index contributed by atoms with van der Waals surface area (Å²) < 4.78 is 0. The summed E-state index contributed by atoms with van der Waals surface area (Å²) in [7, 11) is 1.81. The summed E-state index contributed by atoms with van der Waals surface area (Å²) in [4.78, 5) is 8.45. The molecule has 1 heterocycles. The maximum atomic E-state index is 6.07. The zero-order chi connectivity index (χ0) is 10.7. The molecule has 0 saturated heterocycles. The molecular formula is C11H10ClN3. The molecule has 0 bridgehead atoms. The Bertz CT molecular complexity index is 471. The van der Waals surface area contributed by atoms with Crippen LogP contribution in [0, 0.1) is 0 Å². The lowest BCUT2D eigenvalue weighted by atomic mass is 10.2. The first-order valence-corrected chi connectivity index (χ1v) is 4.94. The zero-order valence-corrected chi connectivity index (χ0v) is 8.99. The van der Waals surface area contributed by atoms with E-state index in [-0.39, 0.29) is 0 Å². The second-order valence-corrected chi connectivity index (χ2v) is 3.43. The highest BCUT2D eigenvalue weighted by molar-refractivity contribution is 6.33. The molecule has 0 aliphatic heterocycles. The van der Waals surface area contributed by atoms with Crippen LogP contribution in [0.2, 0.25) is 5.02 Å². The molecule has 2 rings (SSSR count). The maximum absolute atomic E-state index is 6.07. The lowest BCUT2D eigenvalue weighted by molar-refractivity contribution is 1.19. The molecule has 0 unspecified atom stereocenters. The van der Waals surface area contributed by atoms with E-state index in [2.05, 4.69) is 15.3 Å². The minimum absolute atomic E-state index is 0.681. The fourth-order valence-corrected chi connectivity index (χ4v) is 1.52. The Kier molecular flexibility index (Phi) is 2.83. The van der Waals surface area contributed by atoms with Crippen LogP contribution in [0.4, 0.5) is 5.82 Å². The Morgan fingerprint density at radius 2 is 2.00 bits per heavy atom. The van der Waals surface area contributed by atoms with Crippen molar-refractivity contribution in [2.75, 3.05) is 12.4 Å². The lowest BCUT2D eigenvalue weighted by Crippen LogP contribution is -1.95. The molecule has 0 aliphatic rings. The van der Waals surface area contributed by atoms with Crippen molar-refractivity contribution in [3.8, 4) is 11.3 Å². The second-order valence-electron chi connectivity index (χ2n) is 3.02. The van der Waals surface area contributed by atoms with Crippen LogP contribution in [0.3, 0.4) is 0 Å². The van der Waals surface area contributed by atoms with E-state index in [0.29, 0.717) is 5.02 Å². The van der Waals surface area contributed by atoms with Gasteiger partial charge < -0.3 is 5.32 Å². The highest BCUT2D eigenvalue weighted by Crippen LogP contribution is 2.25. The van der Waals surface area contributed by atoms with Crippen LogP contribution in [0.5, 0.6) is 0 Å². The van der Waals surface area contributed by atoms with Crippen molar-refractivity contribution >= 4 is 17.4 Å². The number of hydrogen-bond acceptors (Lipinski definition) is 3. The van der Waals surface area contributed by atoms with Crippen LogP contribution in [0.25, 0.3) is 11.3 Å². The predicted molar refractivity (Wildman–Crippen MR) is 62.0 cm³/mol. The third-order valence-corrected chi connectivity index (χ3v) is 2.37. The van der Waals surface area contributed by atoms with Crippen molar-refractivity contribution in [2.24, 2.45) is 0 Å². The molecule has 1 N–H and O–H groups in total. The molecule has 15 heavy (non-hydrogen) atoms. The average Bonchev–Trinajstić information content (AvgIpc) is 2.30. The van der Waals surface area contributed by atoms with Gasteiger partial charge in [0, 0.05) is 12.6 Å². The number of halogens is 1. The fraction of sp³-hybridized carbons (Fsp3) is 0.0909. The molecule has 0 amide bonds. The van der Waals surface area contributed by atoms with E-state index in [1.54, 1.807) is 19.4 Å². The van der Waals surface area contributed by atoms with Crippen LogP contribution in [0.1, 0.15) is 0 Å². The van der Waals surface area contributed by atoms with E-state index in [4.69, 9.17) is 11.6 Å². The molecule has 0 spiro atoms. The van der Waals surface area contributed by atoms with E-state index in [9.17, 15) is 0 Å². The summed E-state index contributed by atoms with van der Waals surface area (Å²) in [6, 6.07) is 7.58. The zero-order valence-electron chi connectivity index (χ0n) is 8.24. The van der Waals surface area contributed by atoms with Gasteiger partial charge in [-0.1, -0.05) is 29.8 Å². The quantitative estimate of drug-likeness (QED) is 0.844. The summed E-state index contributed by atoms with van der Waals surface area (Å²) in [5.41, 5.74) is 1.66.